The molecule has 0 bridgehead atoms. The predicted octanol–water partition coefficient (Wildman–Crippen LogP) is 4.25. The van der Waals surface area contributed by atoms with Crippen LogP contribution in [0.3, 0.4) is 0 Å². The number of nitrogens with one attached hydrogen (secondary N) is 1. The molecule has 6 heteroatoms. The number of nitrogens with zero attached hydrogens (tertiary/aromatic N) is 1. The average molecular weight is 393 g/mol. The van der Waals surface area contributed by atoms with Gasteiger partial charge in [0.05, 0.1) is 16.3 Å². The molecular weight excluding hydrogens is 386 g/mol. The highest BCUT2D eigenvalue weighted by Crippen LogP contribution is 2.24. The Morgan fingerprint density at radius 2 is 2.00 bits per heavy atom. The van der Waals surface area contributed by atoms with Gasteiger partial charge in [-0.3, -0.25) is 4.79 Å². The lowest BCUT2D eigenvalue weighted by molar-refractivity contribution is 0.102. The second-order valence-electron chi connectivity index (χ2n) is 3.45. The number of carbonyl (C=O) groups excluding carboxylic acids is 1. The zero-order valence-electron chi connectivity index (χ0n) is 8.95. The maximum atomic E-state index is 11.9. The predicted molar refractivity (Wildman–Crippen MR) is 81.4 cm³/mol. The molecule has 2 rings (SSSR count). The van der Waals surface area contributed by atoms with Gasteiger partial charge in [0, 0.05) is 9.77 Å². The molecule has 0 aliphatic carbocycles. The molecule has 0 atom stereocenters. The Bertz CT molecular complexity index is 587. The summed E-state index contributed by atoms with van der Waals surface area (Å²) >= 11 is 13.8. The summed E-state index contributed by atoms with van der Waals surface area (Å²) in [6, 6.07) is 8.56. The number of benzene rings is 1. The zero-order valence-corrected chi connectivity index (χ0v) is 12.6. The number of aromatic nitrogens is 1. The van der Waals surface area contributed by atoms with E-state index in [0.29, 0.717) is 21.4 Å². The fourth-order valence-corrected chi connectivity index (χ4v) is 2.31. The molecule has 18 heavy (non-hydrogen) atoms. The van der Waals surface area contributed by atoms with Crippen molar-refractivity contribution in [3.63, 3.8) is 0 Å². The van der Waals surface area contributed by atoms with Gasteiger partial charge in [0.25, 0.3) is 5.91 Å². The summed E-state index contributed by atoms with van der Waals surface area (Å²) in [4.78, 5) is 15.8. The normalized spacial score (nSPS) is 10.2. The number of rotatable bonds is 2. The van der Waals surface area contributed by atoms with Crippen molar-refractivity contribution in [1.29, 1.82) is 0 Å². The lowest BCUT2D eigenvalue weighted by Crippen LogP contribution is -2.12. The minimum Gasteiger partial charge on any atom is -0.321 e. The molecule has 0 spiro atoms. The molecule has 1 heterocycles. The fraction of sp³-hybridized carbons (Fsp3) is 0. The highest BCUT2D eigenvalue weighted by atomic mass is 127. The van der Waals surface area contributed by atoms with E-state index in [1.54, 1.807) is 24.3 Å². The number of halogens is 3. The van der Waals surface area contributed by atoms with Crippen LogP contribution in [0.5, 0.6) is 0 Å². The van der Waals surface area contributed by atoms with Gasteiger partial charge in [-0.2, -0.15) is 0 Å². The van der Waals surface area contributed by atoms with Crippen LogP contribution in [0.15, 0.2) is 36.5 Å². The van der Waals surface area contributed by atoms with Gasteiger partial charge in [0.1, 0.15) is 5.15 Å². The van der Waals surface area contributed by atoms with E-state index in [4.69, 9.17) is 23.2 Å². The lowest BCUT2D eigenvalue weighted by Gasteiger charge is -2.07. The van der Waals surface area contributed by atoms with Crippen LogP contribution in [-0.2, 0) is 0 Å². The Labute approximate surface area is 128 Å². The van der Waals surface area contributed by atoms with Crippen molar-refractivity contribution in [1.82, 2.24) is 4.98 Å². The highest BCUT2D eigenvalue weighted by Gasteiger charge is 2.09. The van der Waals surface area contributed by atoms with Crippen molar-refractivity contribution in [2.75, 3.05) is 5.32 Å². The second-order valence-corrected chi connectivity index (χ2v) is 5.49. The quantitative estimate of drug-likeness (QED) is 0.613. The van der Waals surface area contributed by atoms with Crippen molar-refractivity contribution in [3.05, 3.63) is 55.8 Å². The number of pyridine rings is 1. The third kappa shape index (κ3) is 3.34. The monoisotopic (exact) mass is 392 g/mol. The van der Waals surface area contributed by atoms with Crippen LogP contribution >= 0.6 is 45.8 Å². The van der Waals surface area contributed by atoms with E-state index in [1.165, 1.54) is 6.20 Å². The van der Waals surface area contributed by atoms with Crippen molar-refractivity contribution in [2.45, 2.75) is 0 Å². The molecule has 0 saturated heterocycles. The summed E-state index contributed by atoms with van der Waals surface area (Å²) in [6.45, 7) is 0. The molecule has 0 unspecified atom stereocenters. The van der Waals surface area contributed by atoms with E-state index in [1.807, 2.05) is 6.07 Å². The summed E-state index contributed by atoms with van der Waals surface area (Å²) in [6.07, 6.45) is 1.41. The molecule has 3 nitrogen and oxygen atoms in total. The first-order chi connectivity index (χ1) is 8.56. The average Bonchev–Trinajstić information content (AvgIpc) is 2.33. The van der Waals surface area contributed by atoms with Gasteiger partial charge < -0.3 is 5.32 Å². The molecule has 1 amide bonds. The minimum absolute atomic E-state index is 0.276. The third-order valence-corrected chi connectivity index (χ3v) is 3.38. The van der Waals surface area contributed by atoms with Crippen molar-refractivity contribution < 1.29 is 4.79 Å². The summed E-state index contributed by atoms with van der Waals surface area (Å²) in [5.41, 5.74) is 0.992. The second kappa shape index (κ2) is 5.86. The molecule has 0 aliphatic heterocycles. The van der Waals surface area contributed by atoms with Gasteiger partial charge in [-0.25, -0.2) is 4.98 Å². The molecule has 1 aromatic carbocycles. The van der Waals surface area contributed by atoms with Gasteiger partial charge in [0.15, 0.2) is 0 Å². The Balaban J connectivity index is 2.18. The Morgan fingerprint density at radius 3 is 2.61 bits per heavy atom. The molecule has 0 aliphatic rings. The Kier molecular flexibility index (Phi) is 4.42. The molecule has 0 fully saturated rings. The van der Waals surface area contributed by atoms with Crippen LogP contribution in [-0.4, -0.2) is 10.9 Å². The molecule has 0 radical (unpaired) electrons. The van der Waals surface area contributed by atoms with E-state index in [0.717, 1.165) is 3.57 Å². The third-order valence-electron chi connectivity index (χ3n) is 2.17. The zero-order chi connectivity index (χ0) is 13.1. The first kappa shape index (κ1) is 13.6. The summed E-state index contributed by atoms with van der Waals surface area (Å²) < 4.78 is 1.00. The molecule has 0 saturated carbocycles. The van der Waals surface area contributed by atoms with Crippen molar-refractivity contribution in [2.24, 2.45) is 0 Å². The van der Waals surface area contributed by atoms with Crippen LogP contribution in [0.25, 0.3) is 0 Å². The van der Waals surface area contributed by atoms with Gasteiger partial charge in [-0.05, 0) is 52.9 Å². The van der Waals surface area contributed by atoms with Crippen molar-refractivity contribution in [3.8, 4) is 0 Å². The summed E-state index contributed by atoms with van der Waals surface area (Å²) in [7, 11) is 0. The van der Waals surface area contributed by atoms with E-state index in [9.17, 15) is 4.79 Å². The largest absolute Gasteiger partial charge is 0.321 e. The Morgan fingerprint density at radius 1 is 1.22 bits per heavy atom. The minimum atomic E-state index is -0.276. The number of hydrogen-bond acceptors (Lipinski definition) is 2. The van der Waals surface area contributed by atoms with E-state index >= 15 is 0 Å². The van der Waals surface area contributed by atoms with Gasteiger partial charge in [0.2, 0.25) is 0 Å². The maximum absolute atomic E-state index is 11.9. The van der Waals surface area contributed by atoms with Gasteiger partial charge in [-0.1, -0.05) is 23.2 Å². The van der Waals surface area contributed by atoms with E-state index in [-0.39, 0.29) is 5.91 Å². The SMILES string of the molecule is O=C(Nc1ccc(I)cc1Cl)c1ccc(Cl)nc1. The highest BCUT2D eigenvalue weighted by molar-refractivity contribution is 14.1. The molecule has 1 N–H and O–H groups in total. The van der Waals surface area contributed by atoms with Crippen LogP contribution < -0.4 is 5.32 Å². The van der Waals surface area contributed by atoms with E-state index in [2.05, 4.69) is 32.9 Å². The van der Waals surface area contributed by atoms with Gasteiger partial charge >= 0.3 is 0 Å². The first-order valence-electron chi connectivity index (χ1n) is 4.94. The van der Waals surface area contributed by atoms with Crippen LogP contribution in [0, 0.1) is 3.57 Å². The lowest BCUT2D eigenvalue weighted by atomic mass is 10.2. The van der Waals surface area contributed by atoms with Gasteiger partial charge in [-0.15, -0.1) is 0 Å². The molecule has 2 aromatic rings. The number of amides is 1. The van der Waals surface area contributed by atoms with Crippen molar-refractivity contribution >= 4 is 57.4 Å². The standard InChI is InChI=1S/C12H7Cl2IN2O/c13-9-5-8(15)2-3-10(9)17-12(18)7-1-4-11(14)16-6-7/h1-6H,(H,17,18). The first-order valence-corrected chi connectivity index (χ1v) is 6.77. The molecule has 1 aromatic heterocycles. The molecular formula is C12H7Cl2IN2O. The summed E-state index contributed by atoms with van der Waals surface area (Å²) in [5, 5.41) is 3.56. The number of hydrogen-bond donors (Lipinski definition) is 1. The number of carbonyl (C=O) groups is 1. The maximum Gasteiger partial charge on any atom is 0.257 e. The summed E-state index contributed by atoms with van der Waals surface area (Å²) in [5.74, 6) is -0.276. The Hall–Kier alpha value is -0.850. The van der Waals surface area contributed by atoms with Crippen LogP contribution in [0.2, 0.25) is 10.2 Å². The smallest absolute Gasteiger partial charge is 0.257 e. The van der Waals surface area contributed by atoms with Crippen LogP contribution in [0.1, 0.15) is 10.4 Å². The van der Waals surface area contributed by atoms with Crippen LogP contribution in [0.4, 0.5) is 5.69 Å². The molecule has 92 valence electrons. The fourth-order valence-electron chi connectivity index (χ4n) is 1.30. The number of anilines is 1. The van der Waals surface area contributed by atoms with E-state index < -0.39 is 0 Å². The topological polar surface area (TPSA) is 42.0 Å².